The van der Waals surface area contributed by atoms with Crippen LogP contribution in [0.15, 0.2) is 35.2 Å². The van der Waals surface area contributed by atoms with Crippen molar-refractivity contribution >= 4 is 34.4 Å². The van der Waals surface area contributed by atoms with E-state index in [0.717, 1.165) is 37.5 Å². The fraction of sp³-hybridized carbons (Fsp3) is 0.435. The number of carbonyl (C=O) groups excluding carboxylic acids is 1. The van der Waals surface area contributed by atoms with Crippen molar-refractivity contribution in [2.75, 3.05) is 5.32 Å². The summed E-state index contributed by atoms with van der Waals surface area (Å²) in [6.07, 6.45) is 5.75. The highest BCUT2D eigenvalue weighted by molar-refractivity contribution is 7.92. The van der Waals surface area contributed by atoms with Crippen LogP contribution in [0, 0.1) is 41.1 Å². The first-order chi connectivity index (χ1) is 14.8. The predicted molar refractivity (Wildman–Crippen MR) is 113 cm³/mol. The van der Waals surface area contributed by atoms with Crippen LogP contribution in [-0.2, 0) is 11.2 Å². The molecule has 4 bridgehead atoms. The fourth-order valence-corrected chi connectivity index (χ4v) is 8.29. The number of nitrogens with one attached hydrogen (secondary N) is 1. The van der Waals surface area contributed by atoms with Gasteiger partial charge < -0.3 is 9.87 Å². The van der Waals surface area contributed by atoms with E-state index in [1.54, 1.807) is 0 Å². The average molecular weight is 468 g/mol. The Bertz CT molecular complexity index is 998. The summed E-state index contributed by atoms with van der Waals surface area (Å²) in [6, 6.07) is 5.89. The first kappa shape index (κ1) is 21.2. The summed E-state index contributed by atoms with van der Waals surface area (Å²) in [7, 11) is 0. The van der Waals surface area contributed by atoms with Crippen LogP contribution in [0.1, 0.15) is 42.5 Å². The Morgan fingerprint density at radius 2 is 1.55 bits per heavy atom. The Kier molecular flexibility index (Phi) is 5.47. The van der Waals surface area contributed by atoms with Gasteiger partial charge in [0.05, 0.1) is 5.02 Å². The maximum atomic E-state index is 13.6. The van der Waals surface area contributed by atoms with E-state index in [4.69, 9.17) is 11.6 Å². The molecule has 0 heterocycles. The first-order valence-electron chi connectivity index (χ1n) is 10.5. The maximum absolute atomic E-state index is 13.6. The van der Waals surface area contributed by atoms with Crippen molar-refractivity contribution in [2.45, 2.75) is 42.2 Å². The molecule has 0 aliphatic heterocycles. The Morgan fingerprint density at radius 1 is 0.968 bits per heavy atom. The first-order valence-corrected chi connectivity index (χ1v) is 12.0. The molecule has 2 aromatic carbocycles. The molecule has 1 unspecified atom stereocenters. The minimum absolute atomic E-state index is 0.0453. The average Bonchev–Trinajstić information content (AvgIpc) is 2.71. The van der Waals surface area contributed by atoms with Crippen molar-refractivity contribution < 1.29 is 22.5 Å². The molecule has 4 aliphatic rings. The predicted octanol–water partition coefficient (Wildman–Crippen LogP) is 5.94. The zero-order valence-corrected chi connectivity index (χ0v) is 18.1. The van der Waals surface area contributed by atoms with Crippen LogP contribution in [-0.4, -0.2) is 15.7 Å². The van der Waals surface area contributed by atoms with Gasteiger partial charge in [-0.05, 0) is 67.2 Å². The lowest BCUT2D eigenvalue weighted by Gasteiger charge is -2.53. The number of rotatable bonds is 4. The van der Waals surface area contributed by atoms with E-state index in [-0.39, 0.29) is 16.5 Å². The van der Waals surface area contributed by atoms with E-state index in [2.05, 4.69) is 5.32 Å². The molecule has 4 fully saturated rings. The van der Waals surface area contributed by atoms with Crippen LogP contribution in [0.25, 0.3) is 0 Å². The van der Waals surface area contributed by atoms with Gasteiger partial charge in [-0.3, -0.25) is 4.79 Å². The zero-order chi connectivity index (χ0) is 21.9. The van der Waals surface area contributed by atoms with Gasteiger partial charge in [0.15, 0.2) is 22.3 Å². The molecule has 164 valence electrons. The maximum Gasteiger partial charge on any atom is 0.255 e. The summed E-state index contributed by atoms with van der Waals surface area (Å²) in [5.41, 5.74) is -0.0400. The molecule has 6 rings (SSSR count). The van der Waals surface area contributed by atoms with Gasteiger partial charge in [-0.25, -0.2) is 13.2 Å². The number of amides is 1. The smallest absolute Gasteiger partial charge is 0.255 e. The number of hydrogen-bond acceptors (Lipinski definition) is 2. The van der Waals surface area contributed by atoms with Crippen LogP contribution in [0.5, 0.6) is 0 Å². The monoisotopic (exact) mass is 467 g/mol. The van der Waals surface area contributed by atoms with Crippen molar-refractivity contribution in [2.24, 2.45) is 23.7 Å². The molecule has 4 saturated carbocycles. The van der Waals surface area contributed by atoms with E-state index in [9.17, 15) is 22.5 Å². The second-order valence-corrected chi connectivity index (χ2v) is 11.0. The Balaban J connectivity index is 1.38. The quantitative estimate of drug-likeness (QED) is 0.446. The fourth-order valence-electron chi connectivity index (χ4n) is 6.00. The minimum Gasteiger partial charge on any atom is -0.611 e. The number of benzene rings is 2. The second-order valence-electron chi connectivity index (χ2n) is 9.05. The lowest BCUT2D eigenvalue weighted by Crippen LogP contribution is -2.51. The van der Waals surface area contributed by atoms with Crippen LogP contribution in [0.4, 0.5) is 18.9 Å². The van der Waals surface area contributed by atoms with Crippen molar-refractivity contribution in [1.82, 2.24) is 0 Å². The van der Waals surface area contributed by atoms with Crippen LogP contribution >= 0.6 is 11.6 Å². The molecule has 1 N–H and O–H groups in total. The lowest BCUT2D eigenvalue weighted by atomic mass is 9.56. The van der Waals surface area contributed by atoms with Crippen LogP contribution in [0.2, 0.25) is 5.02 Å². The van der Waals surface area contributed by atoms with Gasteiger partial charge >= 0.3 is 0 Å². The molecule has 31 heavy (non-hydrogen) atoms. The lowest BCUT2D eigenvalue weighted by molar-refractivity contribution is 0.0237. The summed E-state index contributed by atoms with van der Waals surface area (Å²) < 4.78 is 53.6. The van der Waals surface area contributed by atoms with Crippen LogP contribution in [0.3, 0.4) is 0 Å². The Labute approximate surface area is 186 Å². The molecule has 8 heteroatoms. The van der Waals surface area contributed by atoms with E-state index in [1.807, 2.05) is 0 Å². The van der Waals surface area contributed by atoms with Gasteiger partial charge in [-0.1, -0.05) is 11.6 Å². The molecule has 0 spiro atoms. The summed E-state index contributed by atoms with van der Waals surface area (Å²) in [6.45, 7) is 0. The highest BCUT2D eigenvalue weighted by atomic mass is 35.5. The summed E-state index contributed by atoms with van der Waals surface area (Å²) >= 11 is 5.01. The molecule has 3 nitrogen and oxygen atoms in total. The molecule has 0 saturated heterocycles. The molecule has 4 aliphatic carbocycles. The standard InChI is InChI=1S/C23H21ClF3NO2S/c24-17-2-1-13(23(29)28-16-9-18(25)21(27)19(26)10-16)8-20(17)31(30)22-14-4-11-3-12(6-14)7-15(22)5-11/h1-2,8-12,14-15,22H,3-7H2,(H,28,29)/t11-,12+,14+,15?,22?,31?. The third-order valence-electron chi connectivity index (χ3n) is 7.04. The van der Waals surface area contributed by atoms with E-state index in [1.165, 1.54) is 24.6 Å². The molecule has 0 radical (unpaired) electrons. The third kappa shape index (κ3) is 3.85. The van der Waals surface area contributed by atoms with Crippen molar-refractivity contribution in [3.63, 3.8) is 0 Å². The Morgan fingerprint density at radius 3 is 2.13 bits per heavy atom. The third-order valence-corrected chi connectivity index (χ3v) is 9.52. The normalized spacial score (nSPS) is 29.8. The van der Waals surface area contributed by atoms with Gasteiger partial charge in [0.2, 0.25) is 0 Å². The van der Waals surface area contributed by atoms with Gasteiger partial charge in [-0.15, -0.1) is 0 Å². The highest BCUT2D eigenvalue weighted by Gasteiger charge is 2.53. The van der Waals surface area contributed by atoms with E-state index >= 15 is 0 Å². The van der Waals surface area contributed by atoms with Crippen molar-refractivity contribution in [3.8, 4) is 0 Å². The minimum atomic E-state index is -1.60. The second kappa shape index (κ2) is 8.01. The largest absolute Gasteiger partial charge is 0.611 e. The Hall–Kier alpha value is -1.70. The topological polar surface area (TPSA) is 52.2 Å². The number of carbonyl (C=O) groups is 1. The molecule has 1 amide bonds. The number of anilines is 1. The van der Waals surface area contributed by atoms with Gasteiger partial charge in [0, 0.05) is 41.3 Å². The summed E-state index contributed by atoms with van der Waals surface area (Å²) in [5, 5.41) is 2.74. The summed E-state index contributed by atoms with van der Waals surface area (Å²) in [4.78, 5) is 13.1. The highest BCUT2D eigenvalue weighted by Crippen LogP contribution is 2.56. The number of hydrogen-bond donors (Lipinski definition) is 1. The van der Waals surface area contributed by atoms with Crippen LogP contribution < -0.4 is 5.32 Å². The van der Waals surface area contributed by atoms with Gasteiger partial charge in [0.25, 0.3) is 5.91 Å². The van der Waals surface area contributed by atoms with Crippen molar-refractivity contribution in [3.05, 3.63) is 58.4 Å². The molecular formula is C23H21ClF3NO2S. The molecular weight excluding hydrogens is 447 g/mol. The SMILES string of the molecule is O=C(Nc1cc(F)c(F)c(F)c1)c1ccc(Cl)c([S+]([O-])C2C3C[C@H]4C[C@@H](C3)C[C@H]2C4)c1. The molecule has 2 aromatic rings. The van der Waals surface area contributed by atoms with Gasteiger partial charge in [0.1, 0.15) is 5.25 Å². The van der Waals surface area contributed by atoms with Crippen molar-refractivity contribution in [1.29, 1.82) is 0 Å². The van der Waals surface area contributed by atoms with E-state index < -0.39 is 34.5 Å². The van der Waals surface area contributed by atoms with E-state index in [0.29, 0.717) is 33.9 Å². The van der Waals surface area contributed by atoms with Gasteiger partial charge in [-0.2, -0.15) is 0 Å². The molecule has 1 atom stereocenters. The zero-order valence-electron chi connectivity index (χ0n) is 16.5. The number of halogens is 4. The molecule has 0 aromatic heterocycles. The summed E-state index contributed by atoms with van der Waals surface area (Å²) in [5.74, 6) is -2.68.